The van der Waals surface area contributed by atoms with Crippen LogP contribution in [0.2, 0.25) is 0 Å². The molecule has 1 rings (SSSR count). The molecular weight excluding hydrogens is 264 g/mol. The Labute approximate surface area is 115 Å². The number of hydrogen-bond acceptors (Lipinski definition) is 2. The van der Waals surface area contributed by atoms with E-state index in [9.17, 15) is 8.42 Å². The molecule has 2 unspecified atom stereocenters. The lowest BCUT2D eigenvalue weighted by atomic mass is 10.2. The molecule has 0 radical (unpaired) electrons. The van der Waals surface area contributed by atoms with Crippen molar-refractivity contribution in [3.8, 4) is 0 Å². The Bertz CT molecular complexity index is 402. The standard InChI is InChI=1S/C14H22O2S2/c1-11(2)17(15)9-13-6-5-7-14(8-13)10-18(16)12(3)4/h5-8,11-12H,9-10H2,1-4H3. The van der Waals surface area contributed by atoms with Gasteiger partial charge in [-0.15, -0.1) is 0 Å². The Balaban J connectivity index is 2.74. The molecule has 0 bridgehead atoms. The SMILES string of the molecule is CC(C)S(=O)Cc1cccc(CS(=O)C(C)C)c1. The predicted molar refractivity (Wildman–Crippen MR) is 80.4 cm³/mol. The molecule has 0 amide bonds. The molecule has 0 aromatic heterocycles. The Morgan fingerprint density at radius 1 is 0.889 bits per heavy atom. The van der Waals surface area contributed by atoms with E-state index in [2.05, 4.69) is 0 Å². The lowest BCUT2D eigenvalue weighted by Crippen LogP contribution is -2.09. The molecule has 0 fully saturated rings. The van der Waals surface area contributed by atoms with Gasteiger partial charge in [-0.2, -0.15) is 0 Å². The zero-order chi connectivity index (χ0) is 13.7. The second-order valence-corrected chi connectivity index (χ2v) is 8.95. The van der Waals surface area contributed by atoms with Gasteiger partial charge in [-0.05, 0) is 11.1 Å². The maximum atomic E-state index is 11.8. The number of benzene rings is 1. The summed E-state index contributed by atoms with van der Waals surface area (Å²) in [6, 6.07) is 7.96. The Kier molecular flexibility index (Phi) is 6.22. The summed E-state index contributed by atoms with van der Waals surface area (Å²) in [7, 11) is -1.66. The molecule has 0 heterocycles. The first-order chi connectivity index (χ1) is 8.40. The van der Waals surface area contributed by atoms with Gasteiger partial charge in [0.05, 0.1) is 0 Å². The number of rotatable bonds is 6. The Hall–Kier alpha value is -0.480. The smallest absolute Gasteiger partial charge is 0.0488 e. The molecule has 0 aliphatic heterocycles. The van der Waals surface area contributed by atoms with Gasteiger partial charge in [0, 0.05) is 43.6 Å². The summed E-state index contributed by atoms with van der Waals surface area (Å²) in [6.07, 6.45) is 0. The molecule has 1 aromatic carbocycles. The molecule has 0 aliphatic rings. The average Bonchev–Trinajstić information content (AvgIpc) is 2.29. The molecule has 1 aromatic rings. The topological polar surface area (TPSA) is 34.1 Å². The first kappa shape index (κ1) is 15.6. The van der Waals surface area contributed by atoms with Crippen molar-refractivity contribution >= 4 is 21.6 Å². The largest absolute Gasteiger partial charge is 0.259 e. The van der Waals surface area contributed by atoms with E-state index in [4.69, 9.17) is 0 Å². The minimum absolute atomic E-state index is 0.179. The third kappa shape index (κ3) is 5.02. The predicted octanol–water partition coefficient (Wildman–Crippen LogP) is 3.00. The fourth-order valence-electron chi connectivity index (χ4n) is 1.47. The van der Waals surface area contributed by atoms with Crippen LogP contribution in [-0.4, -0.2) is 18.9 Å². The van der Waals surface area contributed by atoms with Crippen LogP contribution in [0.15, 0.2) is 24.3 Å². The minimum Gasteiger partial charge on any atom is -0.259 e. The molecule has 2 atom stereocenters. The summed E-state index contributed by atoms with van der Waals surface area (Å²) in [5.41, 5.74) is 2.14. The van der Waals surface area contributed by atoms with Crippen LogP contribution in [0.25, 0.3) is 0 Å². The average molecular weight is 286 g/mol. The highest BCUT2D eigenvalue weighted by atomic mass is 32.2. The molecule has 0 N–H and O–H groups in total. The summed E-state index contributed by atoms with van der Waals surface area (Å²) in [6.45, 7) is 7.86. The summed E-state index contributed by atoms with van der Waals surface area (Å²) in [5, 5.41) is 0.358. The van der Waals surface area contributed by atoms with Crippen molar-refractivity contribution in [2.75, 3.05) is 0 Å². The molecule has 0 aliphatic carbocycles. The summed E-state index contributed by atoms with van der Waals surface area (Å²) in [4.78, 5) is 0. The van der Waals surface area contributed by atoms with E-state index in [0.29, 0.717) is 11.5 Å². The van der Waals surface area contributed by atoms with Gasteiger partial charge in [-0.3, -0.25) is 8.42 Å². The molecule has 2 nitrogen and oxygen atoms in total. The first-order valence-corrected chi connectivity index (χ1v) is 8.98. The fourth-order valence-corrected chi connectivity index (χ4v) is 3.15. The zero-order valence-corrected chi connectivity index (χ0v) is 13.1. The van der Waals surface area contributed by atoms with Crippen LogP contribution < -0.4 is 0 Å². The van der Waals surface area contributed by atoms with Gasteiger partial charge in [0.2, 0.25) is 0 Å². The van der Waals surface area contributed by atoms with Crippen LogP contribution in [0.5, 0.6) is 0 Å². The van der Waals surface area contributed by atoms with Gasteiger partial charge in [0.1, 0.15) is 0 Å². The van der Waals surface area contributed by atoms with Gasteiger partial charge in [-0.1, -0.05) is 52.0 Å². The summed E-state index contributed by atoms with van der Waals surface area (Å²) in [5.74, 6) is 1.17. The van der Waals surface area contributed by atoms with Gasteiger partial charge < -0.3 is 0 Å². The monoisotopic (exact) mass is 286 g/mol. The molecular formula is C14H22O2S2. The van der Waals surface area contributed by atoms with Crippen LogP contribution >= 0.6 is 0 Å². The van der Waals surface area contributed by atoms with E-state index in [1.807, 2.05) is 52.0 Å². The van der Waals surface area contributed by atoms with E-state index in [-0.39, 0.29) is 10.5 Å². The quantitative estimate of drug-likeness (QED) is 0.805. The number of hydrogen-bond donors (Lipinski definition) is 0. The minimum atomic E-state index is -0.828. The third-order valence-corrected chi connectivity index (χ3v) is 6.00. The second-order valence-electron chi connectivity index (χ2n) is 4.97. The molecule has 4 heteroatoms. The second kappa shape index (κ2) is 7.19. The van der Waals surface area contributed by atoms with Crippen LogP contribution in [0.4, 0.5) is 0 Å². The van der Waals surface area contributed by atoms with Crippen molar-refractivity contribution in [1.82, 2.24) is 0 Å². The van der Waals surface area contributed by atoms with E-state index in [0.717, 1.165) is 11.1 Å². The van der Waals surface area contributed by atoms with Crippen molar-refractivity contribution in [2.45, 2.75) is 49.7 Å². The highest BCUT2D eigenvalue weighted by Gasteiger charge is 2.09. The molecule has 0 spiro atoms. The zero-order valence-electron chi connectivity index (χ0n) is 11.5. The Morgan fingerprint density at radius 3 is 1.61 bits per heavy atom. The van der Waals surface area contributed by atoms with E-state index >= 15 is 0 Å². The Morgan fingerprint density at radius 2 is 1.28 bits per heavy atom. The van der Waals surface area contributed by atoms with E-state index in [1.165, 1.54) is 0 Å². The van der Waals surface area contributed by atoms with Crippen LogP contribution in [0, 0.1) is 0 Å². The van der Waals surface area contributed by atoms with Crippen molar-refractivity contribution < 1.29 is 8.42 Å². The maximum absolute atomic E-state index is 11.8. The van der Waals surface area contributed by atoms with E-state index < -0.39 is 21.6 Å². The highest BCUT2D eigenvalue weighted by molar-refractivity contribution is 7.85. The van der Waals surface area contributed by atoms with Gasteiger partial charge in [0.15, 0.2) is 0 Å². The summed E-state index contributed by atoms with van der Waals surface area (Å²) < 4.78 is 23.6. The van der Waals surface area contributed by atoms with Crippen molar-refractivity contribution in [2.24, 2.45) is 0 Å². The molecule has 0 saturated heterocycles. The van der Waals surface area contributed by atoms with Gasteiger partial charge >= 0.3 is 0 Å². The highest BCUT2D eigenvalue weighted by Crippen LogP contribution is 2.13. The van der Waals surface area contributed by atoms with Gasteiger partial charge in [0.25, 0.3) is 0 Å². The van der Waals surface area contributed by atoms with Gasteiger partial charge in [-0.25, -0.2) is 0 Å². The van der Waals surface area contributed by atoms with Crippen LogP contribution in [0.1, 0.15) is 38.8 Å². The van der Waals surface area contributed by atoms with Crippen molar-refractivity contribution in [3.63, 3.8) is 0 Å². The van der Waals surface area contributed by atoms with Crippen molar-refractivity contribution in [1.29, 1.82) is 0 Å². The third-order valence-electron chi connectivity index (χ3n) is 2.66. The first-order valence-electron chi connectivity index (χ1n) is 6.22. The maximum Gasteiger partial charge on any atom is 0.0488 e. The van der Waals surface area contributed by atoms with Crippen molar-refractivity contribution in [3.05, 3.63) is 35.4 Å². The van der Waals surface area contributed by atoms with E-state index in [1.54, 1.807) is 0 Å². The van der Waals surface area contributed by atoms with Crippen LogP contribution in [-0.2, 0) is 33.1 Å². The molecule has 0 saturated carbocycles. The lowest BCUT2D eigenvalue weighted by Gasteiger charge is -2.09. The summed E-state index contributed by atoms with van der Waals surface area (Å²) >= 11 is 0. The normalized spacial score (nSPS) is 15.0. The van der Waals surface area contributed by atoms with Crippen LogP contribution in [0.3, 0.4) is 0 Å². The molecule has 102 valence electrons. The lowest BCUT2D eigenvalue weighted by molar-refractivity contribution is 0.676. The molecule has 18 heavy (non-hydrogen) atoms. The fraction of sp³-hybridized carbons (Fsp3) is 0.571.